The van der Waals surface area contributed by atoms with Gasteiger partial charge in [-0.2, -0.15) is 5.10 Å². The van der Waals surface area contributed by atoms with Crippen LogP contribution in [0.1, 0.15) is 19.4 Å². The summed E-state index contributed by atoms with van der Waals surface area (Å²) in [5, 5.41) is 7.09. The third kappa shape index (κ3) is 2.64. The Bertz CT molecular complexity index is 595. The van der Waals surface area contributed by atoms with Crippen molar-refractivity contribution in [3.05, 3.63) is 36.7 Å². The van der Waals surface area contributed by atoms with E-state index in [0.717, 1.165) is 25.3 Å². The minimum atomic E-state index is -0.100. The molecule has 0 aromatic carbocycles. The molecule has 0 spiro atoms. The summed E-state index contributed by atoms with van der Waals surface area (Å²) in [6, 6.07) is 8.08. The molecule has 3 rings (SSSR count). The highest BCUT2D eigenvalue weighted by atomic mass is 16.1. The van der Waals surface area contributed by atoms with Crippen molar-refractivity contribution in [3.8, 4) is 0 Å². The summed E-state index contributed by atoms with van der Waals surface area (Å²) in [4.78, 5) is 17.6. The van der Waals surface area contributed by atoms with Crippen LogP contribution in [0.2, 0.25) is 0 Å². The lowest BCUT2D eigenvalue weighted by atomic mass is 10.3. The fourth-order valence-corrected chi connectivity index (χ4v) is 2.50. The first-order valence-corrected chi connectivity index (χ1v) is 6.71. The average Bonchev–Trinajstić information content (AvgIpc) is 3.07. The van der Waals surface area contributed by atoms with Gasteiger partial charge in [0, 0.05) is 38.5 Å². The number of nitrogens with one attached hydrogen (secondary N) is 1. The maximum absolute atomic E-state index is 11.0. The minimum absolute atomic E-state index is 0.100. The Morgan fingerprint density at radius 2 is 2.30 bits per heavy atom. The molecule has 2 aromatic heterocycles. The summed E-state index contributed by atoms with van der Waals surface area (Å²) in [5.41, 5.74) is 0. The Labute approximate surface area is 117 Å². The Morgan fingerprint density at radius 3 is 3.05 bits per heavy atom. The van der Waals surface area contributed by atoms with Crippen LogP contribution < -0.4 is 10.2 Å². The second-order valence-electron chi connectivity index (χ2n) is 4.94. The van der Waals surface area contributed by atoms with Crippen LogP contribution in [0.25, 0.3) is 0 Å². The molecular weight excluding hydrogens is 254 g/mol. The van der Waals surface area contributed by atoms with Gasteiger partial charge in [0.05, 0.1) is 6.04 Å². The number of hydrogen-bond donors (Lipinski definition) is 1. The molecule has 104 valence electrons. The van der Waals surface area contributed by atoms with Crippen LogP contribution in [0.4, 0.5) is 11.6 Å². The standard InChI is InChI=1S/C14H17N5O/c1-11(20)16-13-6-9-19(17-13)12-5-8-18(10-12)14-4-2-3-7-15-14/h2-4,6-7,9,12H,5,8,10H2,1H3,(H,16,17,20)/t12-/m0/s1. The molecule has 0 bridgehead atoms. The SMILES string of the molecule is CC(=O)Nc1ccn([C@H]2CCN(c3ccccn3)C2)n1. The molecule has 0 unspecified atom stereocenters. The van der Waals surface area contributed by atoms with Gasteiger partial charge < -0.3 is 10.2 Å². The van der Waals surface area contributed by atoms with Gasteiger partial charge in [0.1, 0.15) is 5.82 Å². The van der Waals surface area contributed by atoms with Gasteiger partial charge in [0.25, 0.3) is 0 Å². The van der Waals surface area contributed by atoms with E-state index in [4.69, 9.17) is 0 Å². The van der Waals surface area contributed by atoms with Crippen molar-refractivity contribution in [1.29, 1.82) is 0 Å². The summed E-state index contributed by atoms with van der Waals surface area (Å²) in [6.07, 6.45) is 4.75. The molecule has 1 amide bonds. The zero-order valence-corrected chi connectivity index (χ0v) is 11.4. The minimum Gasteiger partial charge on any atom is -0.354 e. The van der Waals surface area contributed by atoms with E-state index >= 15 is 0 Å². The van der Waals surface area contributed by atoms with Crippen LogP contribution in [0.3, 0.4) is 0 Å². The normalized spacial score (nSPS) is 18.2. The lowest BCUT2D eigenvalue weighted by Crippen LogP contribution is -2.22. The smallest absolute Gasteiger partial charge is 0.222 e. The van der Waals surface area contributed by atoms with Crippen LogP contribution in [-0.4, -0.2) is 33.8 Å². The molecule has 0 radical (unpaired) electrons. The molecular formula is C14H17N5O. The van der Waals surface area contributed by atoms with Gasteiger partial charge in [-0.25, -0.2) is 4.98 Å². The number of anilines is 2. The van der Waals surface area contributed by atoms with Gasteiger partial charge in [0.15, 0.2) is 5.82 Å². The monoisotopic (exact) mass is 271 g/mol. The number of carbonyl (C=O) groups is 1. The number of pyridine rings is 1. The zero-order chi connectivity index (χ0) is 13.9. The van der Waals surface area contributed by atoms with Crippen molar-refractivity contribution < 1.29 is 4.79 Å². The molecule has 1 aliphatic rings. The van der Waals surface area contributed by atoms with Gasteiger partial charge in [-0.3, -0.25) is 9.48 Å². The molecule has 6 heteroatoms. The quantitative estimate of drug-likeness (QED) is 0.922. The molecule has 3 heterocycles. The highest BCUT2D eigenvalue weighted by Crippen LogP contribution is 2.25. The summed E-state index contributed by atoms with van der Waals surface area (Å²) in [6.45, 7) is 3.34. The Hall–Kier alpha value is -2.37. The fraction of sp³-hybridized carbons (Fsp3) is 0.357. The predicted molar refractivity (Wildman–Crippen MR) is 76.6 cm³/mol. The molecule has 0 saturated carbocycles. The van der Waals surface area contributed by atoms with Crippen molar-refractivity contribution in [2.75, 3.05) is 23.3 Å². The maximum atomic E-state index is 11.0. The third-order valence-corrected chi connectivity index (χ3v) is 3.42. The molecule has 6 nitrogen and oxygen atoms in total. The summed E-state index contributed by atoms with van der Waals surface area (Å²) in [5.74, 6) is 1.51. The summed E-state index contributed by atoms with van der Waals surface area (Å²) < 4.78 is 1.92. The number of nitrogens with zero attached hydrogens (tertiary/aromatic N) is 4. The third-order valence-electron chi connectivity index (χ3n) is 3.42. The van der Waals surface area contributed by atoms with E-state index in [1.54, 1.807) is 0 Å². The first kappa shape index (κ1) is 12.7. The van der Waals surface area contributed by atoms with E-state index in [2.05, 4.69) is 20.3 Å². The van der Waals surface area contributed by atoms with Gasteiger partial charge in [-0.15, -0.1) is 0 Å². The molecule has 2 aromatic rings. The molecule has 1 aliphatic heterocycles. The average molecular weight is 271 g/mol. The lowest BCUT2D eigenvalue weighted by Gasteiger charge is -2.17. The summed E-state index contributed by atoms with van der Waals surface area (Å²) >= 11 is 0. The molecule has 1 N–H and O–H groups in total. The van der Waals surface area contributed by atoms with E-state index in [1.165, 1.54) is 6.92 Å². The first-order chi connectivity index (χ1) is 9.72. The van der Waals surface area contributed by atoms with Gasteiger partial charge in [-0.05, 0) is 18.6 Å². The van der Waals surface area contributed by atoms with Crippen molar-refractivity contribution in [2.24, 2.45) is 0 Å². The van der Waals surface area contributed by atoms with E-state index in [9.17, 15) is 4.79 Å². The Balaban J connectivity index is 1.68. The van der Waals surface area contributed by atoms with E-state index in [1.807, 2.05) is 41.3 Å². The second-order valence-corrected chi connectivity index (χ2v) is 4.94. The van der Waals surface area contributed by atoms with Crippen LogP contribution in [0.5, 0.6) is 0 Å². The highest BCUT2D eigenvalue weighted by molar-refractivity contribution is 5.87. The number of hydrogen-bond acceptors (Lipinski definition) is 4. The Kier molecular flexibility index (Phi) is 3.37. The van der Waals surface area contributed by atoms with Gasteiger partial charge >= 0.3 is 0 Å². The molecule has 1 atom stereocenters. The van der Waals surface area contributed by atoms with E-state index in [-0.39, 0.29) is 5.91 Å². The topological polar surface area (TPSA) is 63.1 Å². The highest BCUT2D eigenvalue weighted by Gasteiger charge is 2.25. The number of carbonyl (C=O) groups excluding carboxylic acids is 1. The largest absolute Gasteiger partial charge is 0.354 e. The molecule has 1 saturated heterocycles. The summed E-state index contributed by atoms with van der Waals surface area (Å²) in [7, 11) is 0. The lowest BCUT2D eigenvalue weighted by molar-refractivity contribution is -0.114. The fourth-order valence-electron chi connectivity index (χ4n) is 2.50. The molecule has 1 fully saturated rings. The van der Waals surface area contributed by atoms with Crippen molar-refractivity contribution >= 4 is 17.5 Å². The van der Waals surface area contributed by atoms with Gasteiger partial charge in [0.2, 0.25) is 5.91 Å². The van der Waals surface area contributed by atoms with Crippen LogP contribution in [-0.2, 0) is 4.79 Å². The number of rotatable bonds is 3. The molecule has 20 heavy (non-hydrogen) atoms. The van der Waals surface area contributed by atoms with Gasteiger partial charge in [-0.1, -0.05) is 6.07 Å². The first-order valence-electron chi connectivity index (χ1n) is 6.71. The van der Waals surface area contributed by atoms with E-state index < -0.39 is 0 Å². The number of amides is 1. The van der Waals surface area contributed by atoms with Crippen LogP contribution >= 0.6 is 0 Å². The van der Waals surface area contributed by atoms with Crippen molar-refractivity contribution in [1.82, 2.24) is 14.8 Å². The van der Waals surface area contributed by atoms with Crippen LogP contribution in [0, 0.1) is 0 Å². The van der Waals surface area contributed by atoms with Crippen molar-refractivity contribution in [2.45, 2.75) is 19.4 Å². The zero-order valence-electron chi connectivity index (χ0n) is 11.4. The number of aromatic nitrogens is 3. The van der Waals surface area contributed by atoms with E-state index in [0.29, 0.717) is 11.9 Å². The maximum Gasteiger partial charge on any atom is 0.222 e. The van der Waals surface area contributed by atoms with Crippen molar-refractivity contribution in [3.63, 3.8) is 0 Å². The second kappa shape index (κ2) is 5.32. The molecule has 0 aliphatic carbocycles. The van der Waals surface area contributed by atoms with Crippen LogP contribution in [0.15, 0.2) is 36.7 Å². The Morgan fingerprint density at radius 1 is 1.40 bits per heavy atom. The predicted octanol–water partition coefficient (Wildman–Crippen LogP) is 1.69.